The SMILES string of the molecule is O=c1oc2ccccc2n1C1CCN(Cc2ccc(-c3ccccc3)cc2)CC1. The summed E-state index contributed by atoms with van der Waals surface area (Å²) >= 11 is 0. The van der Waals surface area contributed by atoms with Gasteiger partial charge in [-0.2, -0.15) is 0 Å². The molecule has 1 aliphatic rings. The monoisotopic (exact) mass is 384 g/mol. The molecule has 0 amide bonds. The van der Waals surface area contributed by atoms with E-state index < -0.39 is 0 Å². The van der Waals surface area contributed by atoms with Crippen LogP contribution >= 0.6 is 0 Å². The Labute approximate surface area is 170 Å². The van der Waals surface area contributed by atoms with E-state index in [2.05, 4.69) is 53.4 Å². The number of piperidine rings is 1. The molecule has 4 nitrogen and oxygen atoms in total. The van der Waals surface area contributed by atoms with E-state index >= 15 is 0 Å². The van der Waals surface area contributed by atoms with Crippen molar-refractivity contribution in [3.63, 3.8) is 0 Å². The number of oxazole rings is 1. The second kappa shape index (κ2) is 7.72. The number of nitrogens with zero attached hydrogens (tertiary/aromatic N) is 2. The van der Waals surface area contributed by atoms with Crippen molar-refractivity contribution < 1.29 is 4.42 Å². The highest BCUT2D eigenvalue weighted by Crippen LogP contribution is 2.27. The third-order valence-corrected chi connectivity index (χ3v) is 5.91. The first-order chi connectivity index (χ1) is 14.3. The van der Waals surface area contributed by atoms with E-state index in [0.29, 0.717) is 5.58 Å². The average molecular weight is 384 g/mol. The lowest BCUT2D eigenvalue weighted by Crippen LogP contribution is -2.36. The van der Waals surface area contributed by atoms with Crippen LogP contribution in [-0.2, 0) is 6.54 Å². The van der Waals surface area contributed by atoms with Crippen LogP contribution in [0.25, 0.3) is 22.2 Å². The standard InChI is InChI=1S/C25H24N2O2/c28-25-27(23-8-4-5-9-24(23)29-25)22-14-16-26(17-15-22)18-19-10-12-21(13-11-19)20-6-2-1-3-7-20/h1-13,22H,14-18H2. The molecule has 0 atom stereocenters. The summed E-state index contributed by atoms with van der Waals surface area (Å²) in [6.45, 7) is 2.91. The number of likely N-dealkylation sites (tertiary alicyclic amines) is 1. The maximum atomic E-state index is 12.3. The summed E-state index contributed by atoms with van der Waals surface area (Å²) in [5, 5.41) is 0. The van der Waals surface area contributed by atoms with E-state index in [1.165, 1.54) is 16.7 Å². The van der Waals surface area contributed by atoms with Crippen LogP contribution in [0.4, 0.5) is 0 Å². The highest BCUT2D eigenvalue weighted by molar-refractivity contribution is 5.72. The molecule has 146 valence electrons. The predicted molar refractivity (Wildman–Crippen MR) is 116 cm³/mol. The first kappa shape index (κ1) is 18.0. The minimum atomic E-state index is -0.235. The molecule has 0 spiro atoms. The molecule has 3 aromatic carbocycles. The molecule has 0 radical (unpaired) electrons. The van der Waals surface area contributed by atoms with E-state index in [1.807, 2.05) is 34.9 Å². The molecule has 4 heteroatoms. The molecule has 0 saturated carbocycles. The molecule has 1 aromatic heterocycles. The zero-order chi connectivity index (χ0) is 19.6. The molecule has 4 aromatic rings. The van der Waals surface area contributed by atoms with E-state index in [4.69, 9.17) is 4.42 Å². The van der Waals surface area contributed by atoms with Crippen LogP contribution in [0.1, 0.15) is 24.4 Å². The number of para-hydroxylation sites is 2. The van der Waals surface area contributed by atoms with Crippen molar-refractivity contribution in [1.82, 2.24) is 9.47 Å². The van der Waals surface area contributed by atoms with Crippen molar-refractivity contribution in [2.24, 2.45) is 0 Å². The van der Waals surface area contributed by atoms with Crippen molar-refractivity contribution in [3.05, 3.63) is 95.0 Å². The molecule has 1 fully saturated rings. The molecule has 5 rings (SSSR count). The molecule has 1 aliphatic heterocycles. The fourth-order valence-electron chi connectivity index (χ4n) is 4.36. The number of aromatic nitrogens is 1. The van der Waals surface area contributed by atoms with Gasteiger partial charge in [0, 0.05) is 25.7 Å². The second-order valence-corrected chi connectivity index (χ2v) is 7.78. The van der Waals surface area contributed by atoms with Gasteiger partial charge in [0.15, 0.2) is 5.58 Å². The van der Waals surface area contributed by atoms with Gasteiger partial charge in [-0.05, 0) is 41.7 Å². The van der Waals surface area contributed by atoms with E-state index in [1.54, 1.807) is 0 Å². The highest BCUT2D eigenvalue weighted by Gasteiger charge is 2.24. The number of hydrogen-bond donors (Lipinski definition) is 0. The lowest BCUT2D eigenvalue weighted by atomic mass is 10.0. The largest absolute Gasteiger partial charge is 0.420 e. The molecule has 0 aliphatic carbocycles. The van der Waals surface area contributed by atoms with Gasteiger partial charge in [-0.3, -0.25) is 9.47 Å². The topological polar surface area (TPSA) is 38.4 Å². The Hall–Kier alpha value is -3.11. The van der Waals surface area contributed by atoms with Crippen LogP contribution in [-0.4, -0.2) is 22.6 Å². The lowest BCUT2D eigenvalue weighted by Gasteiger charge is -2.32. The highest BCUT2D eigenvalue weighted by atomic mass is 16.4. The predicted octanol–water partition coefficient (Wildman–Crippen LogP) is 5.10. The van der Waals surface area contributed by atoms with Gasteiger partial charge >= 0.3 is 5.76 Å². The third kappa shape index (κ3) is 3.64. The fraction of sp³-hybridized carbons (Fsp3) is 0.240. The van der Waals surface area contributed by atoms with Gasteiger partial charge in [-0.1, -0.05) is 66.7 Å². The summed E-state index contributed by atoms with van der Waals surface area (Å²) in [4.78, 5) is 14.8. The summed E-state index contributed by atoms with van der Waals surface area (Å²) in [5.41, 5.74) is 5.41. The van der Waals surface area contributed by atoms with Gasteiger partial charge in [0.05, 0.1) is 5.52 Å². The van der Waals surface area contributed by atoms with Crippen LogP contribution in [0.5, 0.6) is 0 Å². The normalized spacial score (nSPS) is 15.7. The molecule has 1 saturated heterocycles. The van der Waals surface area contributed by atoms with E-state index in [0.717, 1.165) is 38.0 Å². The number of hydrogen-bond acceptors (Lipinski definition) is 3. The molecule has 2 heterocycles. The second-order valence-electron chi connectivity index (χ2n) is 7.78. The van der Waals surface area contributed by atoms with Gasteiger partial charge in [0.25, 0.3) is 0 Å². The van der Waals surface area contributed by atoms with Crippen molar-refractivity contribution in [1.29, 1.82) is 0 Å². The van der Waals surface area contributed by atoms with Gasteiger partial charge in [0.1, 0.15) is 0 Å². The number of fused-ring (bicyclic) bond motifs is 1. The maximum Gasteiger partial charge on any atom is 0.420 e. The summed E-state index contributed by atoms with van der Waals surface area (Å²) in [7, 11) is 0. The Bertz CT molecular complexity index is 1150. The smallest absolute Gasteiger partial charge is 0.408 e. The van der Waals surface area contributed by atoms with E-state index in [9.17, 15) is 4.79 Å². The third-order valence-electron chi connectivity index (χ3n) is 5.91. The Morgan fingerprint density at radius 2 is 1.45 bits per heavy atom. The summed E-state index contributed by atoms with van der Waals surface area (Å²) in [6.07, 6.45) is 1.93. The van der Waals surface area contributed by atoms with Gasteiger partial charge in [0.2, 0.25) is 0 Å². The minimum Gasteiger partial charge on any atom is -0.408 e. The van der Waals surface area contributed by atoms with Gasteiger partial charge < -0.3 is 4.42 Å². The van der Waals surface area contributed by atoms with Crippen LogP contribution in [0.3, 0.4) is 0 Å². The molecular formula is C25H24N2O2. The fourth-order valence-corrected chi connectivity index (χ4v) is 4.36. The zero-order valence-corrected chi connectivity index (χ0v) is 16.3. The zero-order valence-electron chi connectivity index (χ0n) is 16.3. The van der Waals surface area contributed by atoms with Crippen molar-refractivity contribution in [2.75, 3.05) is 13.1 Å². The van der Waals surface area contributed by atoms with Crippen LogP contribution in [0.15, 0.2) is 88.1 Å². The van der Waals surface area contributed by atoms with Crippen molar-refractivity contribution in [2.45, 2.75) is 25.4 Å². The molecular weight excluding hydrogens is 360 g/mol. The van der Waals surface area contributed by atoms with Gasteiger partial charge in [-0.15, -0.1) is 0 Å². The van der Waals surface area contributed by atoms with Crippen molar-refractivity contribution in [3.8, 4) is 11.1 Å². The Kier molecular flexibility index (Phi) is 4.78. The minimum absolute atomic E-state index is 0.211. The first-order valence-electron chi connectivity index (χ1n) is 10.2. The summed E-state index contributed by atoms with van der Waals surface area (Å²) < 4.78 is 7.26. The molecule has 0 N–H and O–H groups in total. The Balaban J connectivity index is 1.24. The number of benzene rings is 3. The summed E-state index contributed by atoms with van der Waals surface area (Å²) in [6, 6.07) is 27.2. The van der Waals surface area contributed by atoms with Crippen molar-refractivity contribution >= 4 is 11.1 Å². The van der Waals surface area contributed by atoms with Crippen LogP contribution in [0, 0.1) is 0 Å². The lowest BCUT2D eigenvalue weighted by molar-refractivity contribution is 0.177. The molecule has 29 heavy (non-hydrogen) atoms. The number of rotatable bonds is 4. The summed E-state index contributed by atoms with van der Waals surface area (Å²) in [5.74, 6) is -0.235. The average Bonchev–Trinajstić information content (AvgIpc) is 3.11. The Morgan fingerprint density at radius 1 is 0.793 bits per heavy atom. The molecule has 0 bridgehead atoms. The van der Waals surface area contributed by atoms with Gasteiger partial charge in [-0.25, -0.2) is 4.79 Å². The quantitative estimate of drug-likeness (QED) is 0.491. The molecule has 0 unspecified atom stereocenters. The Morgan fingerprint density at radius 3 is 2.21 bits per heavy atom. The maximum absolute atomic E-state index is 12.3. The van der Waals surface area contributed by atoms with Crippen LogP contribution < -0.4 is 5.76 Å². The first-order valence-corrected chi connectivity index (χ1v) is 10.2. The van der Waals surface area contributed by atoms with Crippen LogP contribution in [0.2, 0.25) is 0 Å². The van der Waals surface area contributed by atoms with E-state index in [-0.39, 0.29) is 11.8 Å².